The molecule has 1 fully saturated rings. The molecule has 0 aliphatic carbocycles. The fraction of sp³-hybridized carbons (Fsp3) is 0.364. The first-order valence-corrected chi connectivity index (χ1v) is 6.29. The average molecular weight is 238 g/mol. The number of rotatable bonds is 2. The number of aromatic hydroxyl groups is 1. The molecule has 4 nitrogen and oxygen atoms in total. The Morgan fingerprint density at radius 3 is 3.00 bits per heavy atom. The molecule has 0 aromatic heterocycles. The van der Waals surface area contributed by atoms with Crippen molar-refractivity contribution in [1.29, 1.82) is 0 Å². The molecule has 0 saturated carbocycles. The molecule has 1 aromatic rings. The number of phenolic OH excluding ortho intramolecular Hbond substituents is 1. The van der Waals surface area contributed by atoms with Gasteiger partial charge in [-0.15, -0.1) is 0 Å². The largest absolute Gasteiger partial charge is 0.506 e. The third-order valence-electron chi connectivity index (χ3n) is 2.56. The highest BCUT2D eigenvalue weighted by Crippen LogP contribution is 2.21. The van der Waals surface area contributed by atoms with Gasteiger partial charge >= 0.3 is 0 Å². The predicted molar refractivity (Wildman–Crippen MR) is 65.7 cm³/mol. The lowest BCUT2D eigenvalue weighted by Crippen LogP contribution is -2.34. The number of carbonyl (C=O) groups excluding carboxylic acids is 1. The maximum Gasteiger partial charge on any atom is 0.251 e. The number of anilines is 1. The molecular formula is C11H14N2O2S. The Balaban J connectivity index is 2.05. The van der Waals surface area contributed by atoms with Crippen LogP contribution in [0.5, 0.6) is 5.75 Å². The van der Waals surface area contributed by atoms with Crippen molar-refractivity contribution in [1.82, 2.24) is 5.32 Å². The molecule has 1 saturated heterocycles. The van der Waals surface area contributed by atoms with Crippen LogP contribution in [0.4, 0.5) is 5.69 Å². The zero-order valence-electron chi connectivity index (χ0n) is 8.77. The molecule has 4 N–H and O–H groups in total. The Morgan fingerprint density at radius 1 is 1.56 bits per heavy atom. The summed E-state index contributed by atoms with van der Waals surface area (Å²) in [7, 11) is 0. The lowest BCUT2D eigenvalue weighted by Gasteiger charge is -2.11. The van der Waals surface area contributed by atoms with Gasteiger partial charge in [-0.25, -0.2) is 0 Å². The van der Waals surface area contributed by atoms with Gasteiger partial charge in [-0.2, -0.15) is 11.8 Å². The van der Waals surface area contributed by atoms with Gasteiger partial charge in [0, 0.05) is 17.4 Å². The van der Waals surface area contributed by atoms with Crippen molar-refractivity contribution >= 4 is 23.4 Å². The van der Waals surface area contributed by atoms with E-state index in [9.17, 15) is 9.90 Å². The van der Waals surface area contributed by atoms with Crippen LogP contribution in [0.15, 0.2) is 18.2 Å². The second-order valence-corrected chi connectivity index (χ2v) is 4.96. The minimum atomic E-state index is -0.150. The lowest BCUT2D eigenvalue weighted by atomic mass is 10.1. The van der Waals surface area contributed by atoms with Crippen molar-refractivity contribution in [3.8, 4) is 5.75 Å². The first-order chi connectivity index (χ1) is 7.66. The third-order valence-corrected chi connectivity index (χ3v) is 3.72. The molecule has 0 bridgehead atoms. The summed E-state index contributed by atoms with van der Waals surface area (Å²) in [5.41, 5.74) is 6.20. The molecule has 1 aliphatic rings. The van der Waals surface area contributed by atoms with Crippen LogP contribution in [0, 0.1) is 0 Å². The fourth-order valence-electron chi connectivity index (χ4n) is 1.60. The number of thioether (sulfide) groups is 1. The maximum atomic E-state index is 11.8. The van der Waals surface area contributed by atoms with Crippen LogP contribution in [-0.2, 0) is 0 Å². The van der Waals surface area contributed by atoms with Crippen LogP contribution in [0.2, 0.25) is 0 Å². The standard InChI is InChI=1S/C11H14N2O2S/c12-9-2-1-7(5-10(9)14)11(15)13-8-3-4-16-6-8/h1-2,5,8,14H,3-4,6,12H2,(H,13,15). The second-order valence-electron chi connectivity index (χ2n) is 3.81. The van der Waals surface area contributed by atoms with E-state index in [0.717, 1.165) is 17.9 Å². The minimum Gasteiger partial charge on any atom is -0.506 e. The molecule has 1 heterocycles. The van der Waals surface area contributed by atoms with Crippen LogP contribution in [0.3, 0.4) is 0 Å². The number of nitrogens with one attached hydrogen (secondary N) is 1. The maximum absolute atomic E-state index is 11.8. The van der Waals surface area contributed by atoms with E-state index >= 15 is 0 Å². The van der Waals surface area contributed by atoms with Gasteiger partial charge in [-0.1, -0.05) is 0 Å². The van der Waals surface area contributed by atoms with Gasteiger partial charge in [0.15, 0.2) is 0 Å². The summed E-state index contributed by atoms with van der Waals surface area (Å²) in [6.45, 7) is 0. The molecule has 5 heteroatoms. The summed E-state index contributed by atoms with van der Waals surface area (Å²) in [6, 6.07) is 4.80. The normalized spacial score (nSPS) is 19.6. The number of hydrogen-bond acceptors (Lipinski definition) is 4. The van der Waals surface area contributed by atoms with E-state index in [1.807, 2.05) is 11.8 Å². The molecule has 1 amide bonds. The summed E-state index contributed by atoms with van der Waals surface area (Å²) in [5, 5.41) is 12.3. The lowest BCUT2D eigenvalue weighted by molar-refractivity contribution is 0.0941. The van der Waals surface area contributed by atoms with Crippen LogP contribution >= 0.6 is 11.8 Å². The number of nitrogens with two attached hydrogens (primary N) is 1. The zero-order chi connectivity index (χ0) is 11.5. The van der Waals surface area contributed by atoms with Crippen molar-refractivity contribution < 1.29 is 9.90 Å². The Bertz CT molecular complexity index is 403. The number of nitrogen functional groups attached to an aromatic ring is 1. The molecule has 0 spiro atoms. The number of phenols is 1. The summed E-state index contributed by atoms with van der Waals surface area (Å²) >= 11 is 1.84. The van der Waals surface area contributed by atoms with E-state index in [2.05, 4.69) is 5.32 Å². The first kappa shape index (κ1) is 11.1. The molecule has 2 rings (SSSR count). The van der Waals surface area contributed by atoms with E-state index in [1.165, 1.54) is 12.1 Å². The van der Waals surface area contributed by atoms with Crippen molar-refractivity contribution in [3.63, 3.8) is 0 Å². The smallest absolute Gasteiger partial charge is 0.251 e. The fourth-order valence-corrected chi connectivity index (χ4v) is 2.75. The monoisotopic (exact) mass is 238 g/mol. The molecule has 1 atom stereocenters. The highest BCUT2D eigenvalue weighted by Gasteiger charge is 2.18. The number of hydrogen-bond donors (Lipinski definition) is 3. The Hall–Kier alpha value is -1.36. The molecular weight excluding hydrogens is 224 g/mol. The van der Waals surface area contributed by atoms with Gasteiger partial charge in [0.1, 0.15) is 5.75 Å². The van der Waals surface area contributed by atoms with Crippen molar-refractivity contribution in [2.24, 2.45) is 0 Å². The summed E-state index contributed by atoms with van der Waals surface area (Å²) in [4.78, 5) is 11.8. The van der Waals surface area contributed by atoms with E-state index in [4.69, 9.17) is 5.73 Å². The SMILES string of the molecule is Nc1ccc(C(=O)NC2CCSC2)cc1O. The quantitative estimate of drug-likeness (QED) is 0.535. The summed E-state index contributed by atoms with van der Waals surface area (Å²) in [6.07, 6.45) is 1.01. The summed E-state index contributed by atoms with van der Waals surface area (Å²) < 4.78 is 0. The Morgan fingerprint density at radius 2 is 2.38 bits per heavy atom. The van der Waals surface area contributed by atoms with E-state index in [0.29, 0.717) is 5.56 Å². The van der Waals surface area contributed by atoms with Crippen LogP contribution < -0.4 is 11.1 Å². The highest BCUT2D eigenvalue weighted by atomic mass is 32.2. The topological polar surface area (TPSA) is 75.4 Å². The molecule has 1 unspecified atom stereocenters. The van der Waals surface area contributed by atoms with E-state index in [1.54, 1.807) is 6.07 Å². The van der Waals surface area contributed by atoms with Gasteiger partial charge in [0.25, 0.3) is 5.91 Å². The predicted octanol–water partition coefficient (Wildman–Crippen LogP) is 1.21. The molecule has 1 aromatic carbocycles. The van der Waals surface area contributed by atoms with Crippen molar-refractivity contribution in [2.75, 3.05) is 17.2 Å². The highest BCUT2D eigenvalue weighted by molar-refractivity contribution is 7.99. The number of carbonyl (C=O) groups is 1. The molecule has 86 valence electrons. The van der Waals surface area contributed by atoms with Crippen LogP contribution in [0.25, 0.3) is 0 Å². The van der Waals surface area contributed by atoms with Gasteiger partial charge in [0.2, 0.25) is 0 Å². The van der Waals surface area contributed by atoms with Crippen LogP contribution in [-0.4, -0.2) is 28.6 Å². The Labute approximate surface area is 98.2 Å². The van der Waals surface area contributed by atoms with Gasteiger partial charge < -0.3 is 16.2 Å². The molecule has 0 radical (unpaired) electrons. The summed E-state index contributed by atoms with van der Waals surface area (Å²) in [5.74, 6) is 1.86. The van der Waals surface area contributed by atoms with Crippen molar-refractivity contribution in [2.45, 2.75) is 12.5 Å². The van der Waals surface area contributed by atoms with Gasteiger partial charge in [0.05, 0.1) is 5.69 Å². The van der Waals surface area contributed by atoms with E-state index in [-0.39, 0.29) is 23.4 Å². The third kappa shape index (κ3) is 2.41. The van der Waals surface area contributed by atoms with Crippen LogP contribution in [0.1, 0.15) is 16.8 Å². The molecule has 1 aliphatic heterocycles. The first-order valence-electron chi connectivity index (χ1n) is 5.14. The second kappa shape index (κ2) is 4.65. The Kier molecular flexibility index (Phi) is 3.24. The zero-order valence-corrected chi connectivity index (χ0v) is 9.59. The van der Waals surface area contributed by atoms with Gasteiger partial charge in [-0.3, -0.25) is 4.79 Å². The van der Waals surface area contributed by atoms with E-state index < -0.39 is 0 Å². The average Bonchev–Trinajstić information content (AvgIpc) is 2.74. The number of amides is 1. The minimum absolute atomic E-state index is 0.0477. The number of benzene rings is 1. The molecule has 16 heavy (non-hydrogen) atoms. The van der Waals surface area contributed by atoms with Crippen molar-refractivity contribution in [3.05, 3.63) is 23.8 Å². The van der Waals surface area contributed by atoms with Gasteiger partial charge in [-0.05, 0) is 30.4 Å².